The Hall–Kier alpha value is -4.21. The molecule has 36 heavy (non-hydrogen) atoms. The maximum atomic E-state index is 12.1. The lowest BCUT2D eigenvalue weighted by Crippen LogP contribution is -2.37. The zero-order chi connectivity index (χ0) is 25.7. The molecule has 0 amide bonds. The molecule has 1 aliphatic heterocycles. The van der Waals surface area contributed by atoms with Crippen molar-refractivity contribution in [1.82, 2.24) is 9.97 Å². The van der Waals surface area contributed by atoms with Gasteiger partial charge in [0.05, 0.1) is 41.9 Å². The maximum absolute atomic E-state index is 12.1. The number of sulfonamides is 1. The largest absolute Gasteiger partial charge is 0.478 e. The molecule has 2 heterocycles. The van der Waals surface area contributed by atoms with Gasteiger partial charge in [-0.05, 0) is 36.4 Å². The van der Waals surface area contributed by atoms with Gasteiger partial charge in [0, 0.05) is 37.6 Å². The fourth-order valence-corrected chi connectivity index (χ4v) is 4.55. The third-order valence-electron chi connectivity index (χ3n) is 5.68. The molecule has 2 N–H and O–H groups in total. The summed E-state index contributed by atoms with van der Waals surface area (Å²) in [6.45, 7) is 2.34. The number of nitrogens with one attached hydrogen (secondary N) is 1. The molecule has 0 atom stereocenters. The number of carboxylic acids is 1. The van der Waals surface area contributed by atoms with Crippen LogP contribution in [0.4, 0.5) is 23.0 Å². The Labute approximate surface area is 208 Å². The van der Waals surface area contributed by atoms with Crippen LogP contribution in [0.25, 0.3) is 11.3 Å². The van der Waals surface area contributed by atoms with E-state index in [2.05, 4.69) is 15.3 Å². The van der Waals surface area contributed by atoms with Crippen molar-refractivity contribution < 1.29 is 23.1 Å². The molecule has 0 aliphatic carbocycles. The normalized spacial score (nSPS) is 13.6. The number of rotatable bonds is 8. The lowest BCUT2D eigenvalue weighted by atomic mass is 10.1. The first kappa shape index (κ1) is 24.9. The highest BCUT2D eigenvalue weighted by atomic mass is 32.2. The van der Waals surface area contributed by atoms with Gasteiger partial charge in [0.15, 0.2) is 5.75 Å². The van der Waals surface area contributed by atoms with Crippen molar-refractivity contribution in [1.29, 1.82) is 5.26 Å². The van der Waals surface area contributed by atoms with Crippen LogP contribution in [0.2, 0.25) is 0 Å². The Morgan fingerprint density at radius 3 is 2.58 bits per heavy atom. The fraction of sp³-hybridized carbons (Fsp3) is 0.250. The van der Waals surface area contributed by atoms with Crippen molar-refractivity contribution >= 4 is 39.0 Å². The number of anilines is 4. The third-order valence-corrected chi connectivity index (χ3v) is 7.22. The van der Waals surface area contributed by atoms with Crippen molar-refractivity contribution in [3.8, 4) is 17.3 Å². The van der Waals surface area contributed by atoms with Gasteiger partial charge >= 0.3 is 5.97 Å². The number of benzene rings is 2. The molecule has 0 unspecified atom stereocenters. The summed E-state index contributed by atoms with van der Waals surface area (Å²) in [6, 6.07) is 15.2. The minimum Gasteiger partial charge on any atom is -0.478 e. The molecule has 12 heteroatoms. The van der Waals surface area contributed by atoms with Gasteiger partial charge in [-0.1, -0.05) is 12.1 Å². The summed E-state index contributed by atoms with van der Waals surface area (Å²) < 4.78 is 30.6. The third kappa shape index (κ3) is 5.54. The fourth-order valence-electron chi connectivity index (χ4n) is 3.76. The molecule has 1 saturated heterocycles. The summed E-state index contributed by atoms with van der Waals surface area (Å²) in [7, 11) is -2.32. The van der Waals surface area contributed by atoms with Crippen LogP contribution in [0, 0.1) is 11.3 Å². The second-order valence-corrected chi connectivity index (χ2v) is 9.96. The molecule has 11 nitrogen and oxygen atoms in total. The van der Waals surface area contributed by atoms with E-state index in [1.165, 1.54) is 7.05 Å². The van der Waals surface area contributed by atoms with Crippen molar-refractivity contribution in [2.45, 2.75) is 0 Å². The van der Waals surface area contributed by atoms with E-state index in [-0.39, 0.29) is 11.5 Å². The van der Waals surface area contributed by atoms with Gasteiger partial charge in [0.1, 0.15) is 0 Å². The monoisotopic (exact) mass is 508 g/mol. The van der Waals surface area contributed by atoms with Gasteiger partial charge in [-0.3, -0.25) is 4.31 Å². The van der Waals surface area contributed by atoms with E-state index >= 15 is 0 Å². The van der Waals surface area contributed by atoms with Crippen LogP contribution in [-0.4, -0.2) is 68.6 Å². The van der Waals surface area contributed by atoms with Gasteiger partial charge < -0.3 is 20.1 Å². The Balaban J connectivity index is 1.54. The van der Waals surface area contributed by atoms with Crippen molar-refractivity contribution in [3.63, 3.8) is 0 Å². The molecule has 1 aliphatic rings. The van der Waals surface area contributed by atoms with Crippen LogP contribution in [0.3, 0.4) is 0 Å². The molecule has 3 aromatic rings. The average Bonchev–Trinajstić information content (AvgIpc) is 2.89. The van der Waals surface area contributed by atoms with Gasteiger partial charge in [-0.2, -0.15) is 5.26 Å². The van der Waals surface area contributed by atoms with E-state index in [9.17, 15) is 18.3 Å². The van der Waals surface area contributed by atoms with Gasteiger partial charge in [-0.25, -0.2) is 23.2 Å². The van der Waals surface area contributed by atoms with E-state index in [1.54, 1.807) is 60.8 Å². The van der Waals surface area contributed by atoms with E-state index in [4.69, 9.17) is 10.00 Å². The number of carbonyl (C=O) groups is 1. The smallest absolute Gasteiger partial charge is 0.337 e. The number of aromatic carboxylic acids is 1. The molecule has 0 spiro atoms. The second-order valence-electron chi connectivity index (χ2n) is 7.96. The molecule has 0 radical (unpaired) electrons. The van der Waals surface area contributed by atoms with E-state index in [0.29, 0.717) is 49.1 Å². The zero-order valence-electron chi connectivity index (χ0n) is 19.5. The number of carboxylic acid groups (broad SMARTS) is 1. The molecular weight excluding hydrogens is 484 g/mol. The van der Waals surface area contributed by atoms with Crippen molar-refractivity contribution in [2.75, 3.05) is 53.6 Å². The van der Waals surface area contributed by atoms with Crippen LogP contribution in [0.15, 0.2) is 54.7 Å². The van der Waals surface area contributed by atoms with Crippen LogP contribution >= 0.6 is 0 Å². The summed E-state index contributed by atoms with van der Waals surface area (Å²) in [6.07, 6.45) is 1.57. The second kappa shape index (κ2) is 10.6. The molecule has 0 bridgehead atoms. The number of aromatic nitrogens is 2. The maximum Gasteiger partial charge on any atom is 0.337 e. The number of nitriles is 1. The topological polar surface area (TPSA) is 149 Å². The first-order valence-corrected chi connectivity index (χ1v) is 12.6. The minimum absolute atomic E-state index is 0.170. The molecule has 1 aromatic heterocycles. The van der Waals surface area contributed by atoms with E-state index < -0.39 is 21.7 Å². The first-order valence-electron chi connectivity index (χ1n) is 11.0. The van der Waals surface area contributed by atoms with Crippen LogP contribution in [0.5, 0.6) is 0 Å². The molecule has 2 aromatic carbocycles. The van der Waals surface area contributed by atoms with Gasteiger partial charge in [-0.15, -0.1) is 0 Å². The Morgan fingerprint density at radius 2 is 1.92 bits per heavy atom. The summed E-state index contributed by atoms with van der Waals surface area (Å²) in [5, 5.41) is 21.5. The predicted molar refractivity (Wildman–Crippen MR) is 135 cm³/mol. The summed E-state index contributed by atoms with van der Waals surface area (Å²) in [5.74, 6) is -1.36. The van der Waals surface area contributed by atoms with E-state index in [0.717, 1.165) is 9.87 Å². The Kier molecular flexibility index (Phi) is 7.33. The average molecular weight is 509 g/mol. The van der Waals surface area contributed by atoms with Crippen LogP contribution < -0.4 is 14.5 Å². The highest BCUT2D eigenvalue weighted by Crippen LogP contribution is 2.28. The quantitative estimate of drug-likeness (QED) is 0.465. The molecule has 1 fully saturated rings. The van der Waals surface area contributed by atoms with E-state index in [1.807, 2.05) is 4.90 Å². The number of hydrogen-bond acceptors (Lipinski definition) is 9. The van der Waals surface area contributed by atoms with Crippen LogP contribution in [-0.2, 0) is 14.8 Å². The number of nitrogens with zero attached hydrogens (tertiary/aromatic N) is 5. The zero-order valence-corrected chi connectivity index (χ0v) is 20.3. The van der Waals surface area contributed by atoms with Gasteiger partial charge in [0.2, 0.25) is 16.0 Å². The Morgan fingerprint density at radius 1 is 1.19 bits per heavy atom. The predicted octanol–water partition coefficient (Wildman–Crippen LogP) is 2.71. The molecular formula is C24H24N6O5S. The highest BCUT2D eigenvalue weighted by Gasteiger charge is 2.20. The molecule has 186 valence electrons. The standard InChI is InChI=1S/C24H24N6O5S/c1-29(36(33,34)15-9-25)19-5-2-17(3-6-19)21-8-10-26-24(28-21)27-18-4-7-22(20(16-18)23(31)32)30-11-13-35-14-12-30/h2-8,10,16H,11-15H2,1H3,(H,31,32)(H,26,27,28). The number of hydrogen-bond donors (Lipinski definition) is 2. The number of ether oxygens (including phenoxy) is 1. The highest BCUT2D eigenvalue weighted by molar-refractivity contribution is 7.92. The van der Waals surface area contributed by atoms with Crippen LogP contribution in [0.1, 0.15) is 10.4 Å². The summed E-state index contributed by atoms with van der Waals surface area (Å²) in [4.78, 5) is 22.6. The lowest BCUT2D eigenvalue weighted by Gasteiger charge is -2.30. The van der Waals surface area contributed by atoms with Crippen molar-refractivity contribution in [2.24, 2.45) is 0 Å². The molecule has 4 rings (SSSR count). The summed E-state index contributed by atoms with van der Waals surface area (Å²) in [5.41, 5.74) is 3.07. The van der Waals surface area contributed by atoms with Crippen molar-refractivity contribution in [3.05, 3.63) is 60.3 Å². The first-order chi connectivity index (χ1) is 17.3. The SMILES string of the molecule is CN(c1ccc(-c2ccnc(Nc3ccc(N4CCOCC4)c(C(=O)O)c3)n2)cc1)S(=O)(=O)CC#N. The number of morpholine rings is 1. The minimum atomic E-state index is -3.72. The van der Waals surface area contributed by atoms with Gasteiger partial charge in [0.25, 0.3) is 0 Å². The Bertz CT molecular complexity index is 1400. The summed E-state index contributed by atoms with van der Waals surface area (Å²) >= 11 is 0. The molecule has 0 saturated carbocycles. The lowest BCUT2D eigenvalue weighted by molar-refractivity contribution is 0.0696.